The number of ether oxygens (including phenoxy) is 2. The molecule has 11 nitrogen and oxygen atoms in total. The van der Waals surface area contributed by atoms with Gasteiger partial charge in [0.05, 0.1) is 7.11 Å². The summed E-state index contributed by atoms with van der Waals surface area (Å²) in [5.41, 5.74) is 3.18. The molecule has 198 valence electrons. The molecule has 0 saturated carbocycles. The van der Waals surface area contributed by atoms with E-state index in [-0.39, 0.29) is 32.0 Å². The Balaban J connectivity index is 1.24. The molecule has 1 aromatic heterocycles. The summed E-state index contributed by atoms with van der Waals surface area (Å²) in [4.78, 5) is 61.8. The fourth-order valence-corrected chi connectivity index (χ4v) is 4.50. The minimum atomic E-state index is -0.977. The van der Waals surface area contributed by atoms with E-state index >= 15 is 0 Å². The number of carbonyl (C=O) groups is 3. The molecule has 0 spiro atoms. The van der Waals surface area contributed by atoms with Crippen molar-refractivity contribution in [2.75, 3.05) is 20.3 Å². The Bertz CT molecular complexity index is 1400. The van der Waals surface area contributed by atoms with Crippen molar-refractivity contribution in [1.29, 1.82) is 0 Å². The van der Waals surface area contributed by atoms with E-state index in [0.29, 0.717) is 6.42 Å². The molecule has 0 saturated heterocycles. The summed E-state index contributed by atoms with van der Waals surface area (Å²) < 4.78 is 11.3. The van der Waals surface area contributed by atoms with Gasteiger partial charge < -0.3 is 20.1 Å². The second-order valence-corrected chi connectivity index (χ2v) is 8.78. The molecule has 2 amide bonds. The summed E-state index contributed by atoms with van der Waals surface area (Å²) in [5, 5.41) is 5.19. The second-order valence-electron chi connectivity index (χ2n) is 8.78. The van der Waals surface area contributed by atoms with Crippen LogP contribution in [0.15, 0.2) is 70.4 Å². The molecule has 0 bridgehead atoms. The number of alkyl carbamates (subject to hydrolysis) is 1. The number of carbonyl (C=O) groups excluding carboxylic acids is 3. The van der Waals surface area contributed by atoms with Gasteiger partial charge >= 0.3 is 17.8 Å². The lowest BCUT2D eigenvalue weighted by Gasteiger charge is -2.17. The zero-order valence-corrected chi connectivity index (χ0v) is 20.8. The molecular weight excluding hydrogens is 492 g/mol. The molecule has 11 heteroatoms. The number of benzene rings is 2. The van der Waals surface area contributed by atoms with Gasteiger partial charge in [0.2, 0.25) is 5.91 Å². The molecule has 3 aromatic rings. The molecule has 38 heavy (non-hydrogen) atoms. The van der Waals surface area contributed by atoms with Crippen LogP contribution in [0, 0.1) is 0 Å². The average Bonchev–Trinajstić information content (AvgIpc) is 3.24. The van der Waals surface area contributed by atoms with E-state index in [0.717, 1.165) is 32.9 Å². The lowest BCUT2D eigenvalue weighted by Crippen LogP contribution is -2.44. The maximum Gasteiger partial charge on any atom is 0.407 e. The van der Waals surface area contributed by atoms with E-state index in [9.17, 15) is 24.0 Å². The summed E-state index contributed by atoms with van der Waals surface area (Å²) in [5.74, 6) is -1.32. The zero-order chi connectivity index (χ0) is 27.1. The van der Waals surface area contributed by atoms with Crippen LogP contribution in [-0.4, -0.2) is 53.8 Å². The van der Waals surface area contributed by atoms with Gasteiger partial charge in [-0.3, -0.25) is 19.1 Å². The lowest BCUT2D eigenvalue weighted by atomic mass is 9.98. The van der Waals surface area contributed by atoms with Crippen LogP contribution in [0.3, 0.4) is 0 Å². The fourth-order valence-electron chi connectivity index (χ4n) is 4.50. The number of rotatable bonds is 10. The Hall–Kier alpha value is -4.67. The van der Waals surface area contributed by atoms with Crippen molar-refractivity contribution in [2.45, 2.75) is 31.3 Å². The van der Waals surface area contributed by atoms with Crippen molar-refractivity contribution in [3.05, 3.63) is 92.8 Å². The van der Waals surface area contributed by atoms with Gasteiger partial charge in [0.25, 0.3) is 5.56 Å². The van der Waals surface area contributed by atoms with Crippen molar-refractivity contribution in [2.24, 2.45) is 0 Å². The van der Waals surface area contributed by atoms with Gasteiger partial charge in [-0.2, -0.15) is 0 Å². The number of nitrogens with one attached hydrogen (secondary N) is 3. The predicted molar refractivity (Wildman–Crippen MR) is 138 cm³/mol. The number of aromatic nitrogens is 2. The van der Waals surface area contributed by atoms with E-state index in [2.05, 4.69) is 22.8 Å². The highest BCUT2D eigenvalue weighted by Crippen LogP contribution is 2.44. The summed E-state index contributed by atoms with van der Waals surface area (Å²) in [6.07, 6.45) is 1.14. The van der Waals surface area contributed by atoms with Gasteiger partial charge in [-0.15, -0.1) is 0 Å². The number of amides is 2. The van der Waals surface area contributed by atoms with Gasteiger partial charge in [0.15, 0.2) is 0 Å². The van der Waals surface area contributed by atoms with Gasteiger partial charge in [0.1, 0.15) is 19.2 Å². The summed E-state index contributed by atoms with van der Waals surface area (Å²) in [6, 6.07) is 16.2. The Labute approximate surface area is 217 Å². The number of methoxy groups -OCH3 is 1. The van der Waals surface area contributed by atoms with Gasteiger partial charge in [-0.25, -0.2) is 14.4 Å². The first-order valence-corrected chi connectivity index (χ1v) is 12.1. The molecule has 0 aliphatic heterocycles. The molecule has 1 heterocycles. The standard InChI is InChI=1S/C27H28N4O7/c1-37-25(34)22(29-24(33)15-31-14-12-23(32)30-26(31)35)11-6-13-28-27(36)38-16-21-19-9-4-2-7-17(19)18-8-3-5-10-20(18)21/h2-5,7-10,12,14,21-22H,6,11,13,15-16H2,1H3,(H,28,36)(H,29,33)(H,30,32,35)/t22-/m1/s1. The molecule has 3 N–H and O–H groups in total. The van der Waals surface area contributed by atoms with E-state index in [4.69, 9.17) is 9.47 Å². The van der Waals surface area contributed by atoms with Gasteiger partial charge in [0, 0.05) is 24.7 Å². The maximum atomic E-state index is 12.3. The van der Waals surface area contributed by atoms with Crippen LogP contribution >= 0.6 is 0 Å². The predicted octanol–water partition coefficient (Wildman–Crippen LogP) is 1.51. The largest absolute Gasteiger partial charge is 0.467 e. The SMILES string of the molecule is COC(=O)[C@@H](CCCNC(=O)OCC1c2ccccc2-c2ccccc21)NC(=O)Cn1ccc(=O)[nH]c1=O. The molecule has 2 aromatic carbocycles. The van der Waals surface area contributed by atoms with Crippen LogP contribution in [-0.2, 0) is 25.6 Å². The third-order valence-electron chi connectivity index (χ3n) is 6.31. The van der Waals surface area contributed by atoms with Crippen LogP contribution in [0.4, 0.5) is 4.79 Å². The summed E-state index contributed by atoms with van der Waals surface area (Å²) in [6.45, 7) is 0.00531. The molecule has 1 atom stereocenters. The van der Waals surface area contributed by atoms with Crippen molar-refractivity contribution < 1.29 is 23.9 Å². The third-order valence-corrected chi connectivity index (χ3v) is 6.31. The number of H-pyrrole nitrogens is 1. The molecule has 1 aliphatic rings. The highest BCUT2D eigenvalue weighted by Gasteiger charge is 2.29. The first kappa shape index (κ1) is 26.4. The number of hydrogen-bond donors (Lipinski definition) is 3. The molecule has 0 unspecified atom stereocenters. The third kappa shape index (κ3) is 6.17. The molecular formula is C27H28N4O7. The van der Waals surface area contributed by atoms with Crippen molar-refractivity contribution >= 4 is 18.0 Å². The second kappa shape index (κ2) is 12.0. The Morgan fingerprint density at radius 1 is 1.00 bits per heavy atom. The highest BCUT2D eigenvalue weighted by atomic mass is 16.5. The molecule has 4 rings (SSSR count). The van der Waals surface area contributed by atoms with E-state index in [1.54, 1.807) is 0 Å². The Morgan fingerprint density at radius 2 is 1.66 bits per heavy atom. The van der Waals surface area contributed by atoms with Crippen LogP contribution in [0.2, 0.25) is 0 Å². The number of esters is 1. The van der Waals surface area contributed by atoms with E-state index in [1.807, 2.05) is 41.4 Å². The van der Waals surface area contributed by atoms with Gasteiger partial charge in [-0.05, 0) is 35.1 Å². The minimum Gasteiger partial charge on any atom is -0.467 e. The van der Waals surface area contributed by atoms with Crippen molar-refractivity contribution in [1.82, 2.24) is 20.2 Å². The quantitative estimate of drug-likeness (QED) is 0.271. The number of nitrogens with zero attached hydrogens (tertiary/aromatic N) is 1. The molecule has 0 fully saturated rings. The maximum absolute atomic E-state index is 12.3. The smallest absolute Gasteiger partial charge is 0.407 e. The van der Waals surface area contributed by atoms with Crippen LogP contribution in [0.5, 0.6) is 0 Å². The number of hydrogen-bond acceptors (Lipinski definition) is 7. The summed E-state index contributed by atoms with van der Waals surface area (Å²) >= 11 is 0. The van der Waals surface area contributed by atoms with Crippen LogP contribution in [0.1, 0.15) is 29.9 Å². The molecule has 0 radical (unpaired) electrons. The fraction of sp³-hybridized carbons (Fsp3) is 0.296. The topological polar surface area (TPSA) is 149 Å². The minimum absolute atomic E-state index is 0.0537. The normalized spacial score (nSPS) is 12.7. The first-order chi connectivity index (χ1) is 18.4. The Morgan fingerprint density at radius 3 is 2.29 bits per heavy atom. The zero-order valence-electron chi connectivity index (χ0n) is 20.8. The average molecular weight is 521 g/mol. The van der Waals surface area contributed by atoms with Gasteiger partial charge in [-0.1, -0.05) is 48.5 Å². The number of fused-ring (bicyclic) bond motifs is 3. The number of aromatic amines is 1. The van der Waals surface area contributed by atoms with E-state index < -0.39 is 35.3 Å². The van der Waals surface area contributed by atoms with Crippen LogP contribution in [0.25, 0.3) is 11.1 Å². The van der Waals surface area contributed by atoms with Crippen molar-refractivity contribution in [3.8, 4) is 11.1 Å². The first-order valence-electron chi connectivity index (χ1n) is 12.1. The lowest BCUT2D eigenvalue weighted by molar-refractivity contribution is -0.145. The van der Waals surface area contributed by atoms with Crippen molar-refractivity contribution in [3.63, 3.8) is 0 Å². The molecule has 1 aliphatic carbocycles. The van der Waals surface area contributed by atoms with E-state index in [1.165, 1.54) is 13.3 Å². The van der Waals surface area contributed by atoms with Crippen LogP contribution < -0.4 is 21.9 Å². The monoisotopic (exact) mass is 520 g/mol. The summed E-state index contributed by atoms with van der Waals surface area (Å²) in [7, 11) is 1.20. The Kier molecular flexibility index (Phi) is 8.37. The highest BCUT2D eigenvalue weighted by molar-refractivity contribution is 5.84.